The van der Waals surface area contributed by atoms with Crippen LogP contribution in [0.1, 0.15) is 31.0 Å². The highest BCUT2D eigenvalue weighted by atomic mass is 16.5. The summed E-state index contributed by atoms with van der Waals surface area (Å²) in [7, 11) is 1.95. The van der Waals surface area contributed by atoms with Gasteiger partial charge in [0.1, 0.15) is 0 Å². The topological polar surface area (TPSA) is 48.3 Å². The van der Waals surface area contributed by atoms with Crippen molar-refractivity contribution in [3.05, 3.63) is 18.0 Å². The largest absolute Gasteiger partial charge is 0.381 e. The molecule has 18 heavy (non-hydrogen) atoms. The molecule has 0 amide bonds. The lowest BCUT2D eigenvalue weighted by Gasteiger charge is -2.43. The summed E-state index contributed by atoms with van der Waals surface area (Å²) < 4.78 is 13.6. The molecule has 3 rings (SSSR count). The highest BCUT2D eigenvalue weighted by Gasteiger charge is 2.44. The Hall–Kier alpha value is -0.910. The van der Waals surface area contributed by atoms with Gasteiger partial charge in [0.25, 0.3) is 0 Å². The Morgan fingerprint density at radius 3 is 3.17 bits per heavy atom. The van der Waals surface area contributed by atoms with E-state index in [-0.39, 0.29) is 11.6 Å². The number of rotatable bonds is 1. The highest BCUT2D eigenvalue weighted by molar-refractivity contribution is 5.14. The molecule has 2 unspecified atom stereocenters. The van der Waals surface area contributed by atoms with Gasteiger partial charge < -0.3 is 14.8 Å². The zero-order valence-electron chi connectivity index (χ0n) is 10.9. The molecule has 2 aliphatic rings. The highest BCUT2D eigenvalue weighted by Crippen LogP contribution is 2.39. The lowest BCUT2D eigenvalue weighted by molar-refractivity contribution is -0.110. The average molecular weight is 251 g/mol. The number of aromatic nitrogens is 2. The Balaban J connectivity index is 1.88. The minimum atomic E-state index is -0.136. The molecule has 5 heteroatoms. The van der Waals surface area contributed by atoms with Crippen molar-refractivity contribution in [3.63, 3.8) is 0 Å². The van der Waals surface area contributed by atoms with Gasteiger partial charge in [0.2, 0.25) is 0 Å². The van der Waals surface area contributed by atoms with Crippen LogP contribution in [0, 0.1) is 0 Å². The summed E-state index contributed by atoms with van der Waals surface area (Å²) in [6.45, 7) is 3.30. The Labute approximate surface area is 107 Å². The maximum Gasteiger partial charge on any atom is 0.0915 e. The first-order valence-corrected chi connectivity index (χ1v) is 6.75. The first-order valence-electron chi connectivity index (χ1n) is 6.75. The van der Waals surface area contributed by atoms with Crippen LogP contribution in [0.2, 0.25) is 0 Å². The zero-order chi connectivity index (χ0) is 12.4. The van der Waals surface area contributed by atoms with Crippen molar-refractivity contribution in [1.82, 2.24) is 15.1 Å². The molecule has 2 atom stereocenters. The van der Waals surface area contributed by atoms with Gasteiger partial charge in [-0.1, -0.05) is 0 Å². The smallest absolute Gasteiger partial charge is 0.0915 e. The van der Waals surface area contributed by atoms with Crippen LogP contribution < -0.4 is 5.32 Å². The summed E-state index contributed by atoms with van der Waals surface area (Å²) in [4.78, 5) is 0. The van der Waals surface area contributed by atoms with E-state index >= 15 is 0 Å². The minimum Gasteiger partial charge on any atom is -0.381 e. The number of morpholine rings is 1. The van der Waals surface area contributed by atoms with Gasteiger partial charge in [0.05, 0.1) is 23.9 Å². The fraction of sp³-hybridized carbons (Fsp3) is 0.769. The Morgan fingerprint density at radius 1 is 1.39 bits per heavy atom. The normalized spacial score (nSPS) is 33.5. The van der Waals surface area contributed by atoms with Gasteiger partial charge in [-0.3, -0.25) is 4.68 Å². The lowest BCUT2D eigenvalue weighted by atomic mass is 9.83. The van der Waals surface area contributed by atoms with Crippen molar-refractivity contribution in [3.8, 4) is 0 Å². The van der Waals surface area contributed by atoms with Crippen molar-refractivity contribution >= 4 is 0 Å². The molecule has 100 valence electrons. The number of hydrogen-bond acceptors (Lipinski definition) is 4. The van der Waals surface area contributed by atoms with Crippen LogP contribution in [0.25, 0.3) is 0 Å². The van der Waals surface area contributed by atoms with E-state index in [4.69, 9.17) is 9.47 Å². The fourth-order valence-electron chi connectivity index (χ4n) is 3.07. The number of hydrogen-bond donors (Lipinski definition) is 1. The number of nitrogens with zero attached hydrogens (tertiary/aromatic N) is 2. The molecule has 2 saturated heterocycles. The molecule has 1 N–H and O–H groups in total. The van der Waals surface area contributed by atoms with Crippen LogP contribution >= 0.6 is 0 Å². The molecule has 2 aliphatic heterocycles. The first kappa shape index (κ1) is 12.1. The summed E-state index contributed by atoms with van der Waals surface area (Å²) in [6.07, 6.45) is 5.04. The molecule has 1 aromatic rings. The van der Waals surface area contributed by atoms with Crippen LogP contribution in [0.5, 0.6) is 0 Å². The van der Waals surface area contributed by atoms with E-state index in [0.29, 0.717) is 0 Å². The molecule has 0 aliphatic carbocycles. The van der Waals surface area contributed by atoms with Gasteiger partial charge in [-0.25, -0.2) is 0 Å². The van der Waals surface area contributed by atoms with E-state index in [0.717, 1.165) is 51.3 Å². The third kappa shape index (κ3) is 2.18. The molecule has 1 spiro atoms. The van der Waals surface area contributed by atoms with Gasteiger partial charge in [0, 0.05) is 39.4 Å². The third-order valence-corrected chi connectivity index (χ3v) is 3.95. The van der Waals surface area contributed by atoms with E-state index < -0.39 is 0 Å². The van der Waals surface area contributed by atoms with Crippen molar-refractivity contribution in [2.24, 2.45) is 7.05 Å². The van der Waals surface area contributed by atoms with Crippen LogP contribution in [0.15, 0.2) is 12.3 Å². The van der Waals surface area contributed by atoms with E-state index in [2.05, 4.69) is 16.5 Å². The first-order chi connectivity index (χ1) is 8.80. The van der Waals surface area contributed by atoms with E-state index in [9.17, 15) is 0 Å². The van der Waals surface area contributed by atoms with Crippen LogP contribution in [0.4, 0.5) is 0 Å². The van der Waals surface area contributed by atoms with Crippen molar-refractivity contribution < 1.29 is 9.47 Å². The summed E-state index contributed by atoms with van der Waals surface area (Å²) in [5.41, 5.74) is 0.947. The molecule has 5 nitrogen and oxygen atoms in total. The number of ether oxygens (including phenoxy) is 2. The SMILES string of the molecule is Cn1ccc(C2NCCOC23CCCOCC3)n1. The van der Waals surface area contributed by atoms with Gasteiger partial charge in [-0.05, 0) is 18.9 Å². The van der Waals surface area contributed by atoms with Gasteiger partial charge in [-0.2, -0.15) is 5.10 Å². The fourth-order valence-corrected chi connectivity index (χ4v) is 3.07. The predicted molar refractivity (Wildman–Crippen MR) is 67.3 cm³/mol. The van der Waals surface area contributed by atoms with Crippen molar-refractivity contribution in [1.29, 1.82) is 0 Å². The van der Waals surface area contributed by atoms with Gasteiger partial charge >= 0.3 is 0 Å². The third-order valence-electron chi connectivity index (χ3n) is 3.95. The van der Waals surface area contributed by atoms with Crippen molar-refractivity contribution in [2.75, 3.05) is 26.4 Å². The molecule has 0 bridgehead atoms. The second kappa shape index (κ2) is 4.99. The predicted octanol–water partition coefficient (Wildman–Crippen LogP) is 1.02. The average Bonchev–Trinajstić information content (AvgIpc) is 2.67. The summed E-state index contributed by atoms with van der Waals surface area (Å²) in [6, 6.07) is 2.27. The monoisotopic (exact) mass is 251 g/mol. The Bertz CT molecular complexity index is 397. The van der Waals surface area contributed by atoms with E-state index in [1.54, 1.807) is 0 Å². The maximum atomic E-state index is 6.17. The van der Waals surface area contributed by atoms with Gasteiger partial charge in [0.15, 0.2) is 0 Å². The number of nitrogens with one attached hydrogen (secondary N) is 1. The van der Waals surface area contributed by atoms with Crippen LogP contribution in [-0.4, -0.2) is 41.7 Å². The summed E-state index contributed by atoms with van der Waals surface area (Å²) in [5.74, 6) is 0. The molecule has 0 aromatic carbocycles. The second-order valence-corrected chi connectivity index (χ2v) is 5.18. The zero-order valence-corrected chi connectivity index (χ0v) is 10.9. The standard InChI is InChI=1S/C13H21N3O2/c1-16-7-3-11(15-16)12-13(18-10-6-14-12)4-2-8-17-9-5-13/h3,7,12,14H,2,4-6,8-10H2,1H3. The molecule has 0 saturated carbocycles. The van der Waals surface area contributed by atoms with Crippen molar-refractivity contribution in [2.45, 2.75) is 30.9 Å². The molecular formula is C13H21N3O2. The van der Waals surface area contributed by atoms with Crippen LogP contribution in [-0.2, 0) is 16.5 Å². The van der Waals surface area contributed by atoms with Crippen LogP contribution in [0.3, 0.4) is 0 Å². The minimum absolute atomic E-state index is 0.136. The summed E-state index contributed by atoms with van der Waals surface area (Å²) >= 11 is 0. The molecule has 2 fully saturated rings. The Kier molecular flexibility index (Phi) is 3.37. The molecule has 1 aromatic heterocycles. The molecule has 3 heterocycles. The molecular weight excluding hydrogens is 230 g/mol. The quantitative estimate of drug-likeness (QED) is 0.809. The molecule has 0 radical (unpaired) electrons. The van der Waals surface area contributed by atoms with E-state index in [1.165, 1.54) is 0 Å². The second-order valence-electron chi connectivity index (χ2n) is 5.18. The van der Waals surface area contributed by atoms with Gasteiger partial charge in [-0.15, -0.1) is 0 Å². The summed E-state index contributed by atoms with van der Waals surface area (Å²) in [5, 5.41) is 8.13. The maximum absolute atomic E-state index is 6.17. The number of aryl methyl sites for hydroxylation is 1. The Morgan fingerprint density at radius 2 is 2.33 bits per heavy atom. The lowest BCUT2D eigenvalue weighted by Crippen LogP contribution is -2.52. The van der Waals surface area contributed by atoms with E-state index in [1.807, 2.05) is 17.9 Å².